The molecule has 9 nitrogen and oxygen atoms in total. The summed E-state index contributed by atoms with van der Waals surface area (Å²) >= 11 is 1.22. The second kappa shape index (κ2) is 9.60. The van der Waals surface area contributed by atoms with Crippen LogP contribution in [-0.4, -0.2) is 45.1 Å². The molecule has 2 aromatic heterocycles. The fourth-order valence-corrected chi connectivity index (χ4v) is 5.61. The third-order valence-corrected chi connectivity index (χ3v) is 7.86. The molecule has 37 heavy (non-hydrogen) atoms. The van der Waals surface area contributed by atoms with Gasteiger partial charge >= 0.3 is 0 Å². The van der Waals surface area contributed by atoms with Crippen molar-refractivity contribution in [3.8, 4) is 11.3 Å². The molecule has 0 saturated heterocycles. The van der Waals surface area contributed by atoms with E-state index in [4.69, 9.17) is 4.42 Å². The van der Waals surface area contributed by atoms with Gasteiger partial charge in [-0.25, -0.2) is 17.8 Å². The topological polar surface area (TPSA) is 122 Å². The molecule has 0 spiro atoms. The first-order chi connectivity index (χ1) is 17.7. The van der Waals surface area contributed by atoms with Crippen molar-refractivity contribution in [1.29, 1.82) is 0 Å². The van der Waals surface area contributed by atoms with Gasteiger partial charge in [0.25, 0.3) is 5.91 Å². The van der Waals surface area contributed by atoms with E-state index < -0.39 is 34.2 Å². The van der Waals surface area contributed by atoms with Gasteiger partial charge in [-0.15, -0.1) is 11.3 Å². The zero-order valence-corrected chi connectivity index (χ0v) is 21.6. The van der Waals surface area contributed by atoms with E-state index in [1.165, 1.54) is 48.8 Å². The molecular formula is C25H23FN4O5S2. The number of furan rings is 1. The number of rotatable bonds is 8. The molecule has 0 radical (unpaired) electrons. The fourth-order valence-electron chi connectivity index (χ4n) is 4.20. The Morgan fingerprint density at radius 2 is 1.95 bits per heavy atom. The number of nitrogens with one attached hydrogen (secondary N) is 2. The normalized spacial score (nSPS) is 13.5. The van der Waals surface area contributed by atoms with Gasteiger partial charge in [0.05, 0.1) is 17.5 Å². The molecule has 2 N–H and O–H groups in total. The highest BCUT2D eigenvalue weighted by Gasteiger charge is 2.34. The van der Waals surface area contributed by atoms with Crippen LogP contribution in [0.1, 0.15) is 34.7 Å². The first kappa shape index (κ1) is 24.9. The van der Waals surface area contributed by atoms with E-state index in [-0.39, 0.29) is 22.8 Å². The summed E-state index contributed by atoms with van der Waals surface area (Å²) < 4.78 is 46.4. The summed E-state index contributed by atoms with van der Waals surface area (Å²) in [5, 5.41) is 7.79. The lowest BCUT2D eigenvalue weighted by molar-refractivity contribution is -0.114. The van der Waals surface area contributed by atoms with Crippen molar-refractivity contribution < 1.29 is 26.8 Å². The van der Waals surface area contributed by atoms with E-state index in [1.54, 1.807) is 17.5 Å². The summed E-state index contributed by atoms with van der Waals surface area (Å²) in [7, 11) is -2.38. The van der Waals surface area contributed by atoms with E-state index in [9.17, 15) is 22.4 Å². The zero-order valence-electron chi connectivity index (χ0n) is 19.9. The second-order valence-corrected chi connectivity index (χ2v) is 11.5. The van der Waals surface area contributed by atoms with Crippen LogP contribution in [-0.2, 0) is 14.8 Å². The van der Waals surface area contributed by atoms with Crippen LogP contribution in [0.5, 0.6) is 0 Å². The first-order valence-corrected chi connectivity index (χ1v) is 14.1. The Hall–Kier alpha value is -3.77. The molecule has 2 heterocycles. The smallest absolute Gasteiger partial charge is 0.255 e. The highest BCUT2D eigenvalue weighted by atomic mass is 32.2. The molecule has 12 heteroatoms. The van der Waals surface area contributed by atoms with Gasteiger partial charge < -0.3 is 15.1 Å². The second-order valence-electron chi connectivity index (χ2n) is 8.73. The lowest BCUT2D eigenvalue weighted by atomic mass is 10.0. The number of hydrogen-bond donors (Lipinski definition) is 2. The van der Waals surface area contributed by atoms with Gasteiger partial charge in [-0.1, -0.05) is 0 Å². The molecule has 1 saturated carbocycles. The highest BCUT2D eigenvalue weighted by molar-refractivity contribution is 7.92. The average Bonchev–Trinajstić information content (AvgIpc) is 3.45. The fraction of sp³-hybridized carbons (Fsp3) is 0.240. The molecule has 0 bridgehead atoms. The van der Waals surface area contributed by atoms with Crippen LogP contribution in [0.2, 0.25) is 0 Å². The van der Waals surface area contributed by atoms with Gasteiger partial charge in [-0.2, -0.15) is 0 Å². The maximum Gasteiger partial charge on any atom is 0.255 e. The number of sulfonamides is 1. The molecule has 2 amide bonds. The first-order valence-electron chi connectivity index (χ1n) is 11.4. The Balaban J connectivity index is 1.65. The number of benzene rings is 2. The molecule has 1 fully saturated rings. The summed E-state index contributed by atoms with van der Waals surface area (Å²) in [6, 6.07) is 8.87. The minimum absolute atomic E-state index is 0.0763. The Kier molecular flexibility index (Phi) is 6.46. The van der Waals surface area contributed by atoms with Crippen molar-refractivity contribution in [3.63, 3.8) is 0 Å². The van der Waals surface area contributed by atoms with Crippen molar-refractivity contribution in [3.05, 3.63) is 64.9 Å². The minimum atomic E-state index is -3.88. The molecular weight excluding hydrogens is 519 g/mol. The largest absolute Gasteiger partial charge is 0.455 e. The number of carbonyl (C=O) groups excluding carboxylic acids is 2. The molecule has 0 aliphatic heterocycles. The van der Waals surface area contributed by atoms with Gasteiger partial charge in [0.1, 0.15) is 23.7 Å². The molecule has 192 valence electrons. The maximum absolute atomic E-state index is 13.5. The summed E-state index contributed by atoms with van der Waals surface area (Å²) in [5.74, 6) is -1.05. The number of carbonyl (C=O) groups is 2. The summed E-state index contributed by atoms with van der Waals surface area (Å²) in [4.78, 5) is 29.7. The number of nitrogens with zero attached hydrogens (tertiary/aromatic N) is 2. The van der Waals surface area contributed by atoms with E-state index >= 15 is 0 Å². The molecule has 0 atom stereocenters. The van der Waals surface area contributed by atoms with Crippen LogP contribution in [0.4, 0.5) is 15.2 Å². The number of halogens is 1. The van der Waals surface area contributed by atoms with Crippen molar-refractivity contribution in [2.45, 2.75) is 18.8 Å². The van der Waals surface area contributed by atoms with Crippen molar-refractivity contribution >= 4 is 55.0 Å². The quantitative estimate of drug-likeness (QED) is 0.342. The Bertz CT molecular complexity index is 1590. The molecule has 2 aromatic carbocycles. The van der Waals surface area contributed by atoms with Gasteiger partial charge in [0.2, 0.25) is 15.9 Å². The maximum atomic E-state index is 13.5. The third kappa shape index (κ3) is 5.07. The third-order valence-electron chi connectivity index (χ3n) is 6.05. The standard InChI is InChI=1S/C25H23FN4O5S2/c1-27-24(32)22-18-11-17(14-3-4-14)19(12-20(18)35-23(22)15-5-7-16(26)8-6-15)30(37(2,33)34)13-21(31)29-25-28-9-10-36-25/h5-12,14H,3-4,13H2,1-2H3,(H,27,32)(H,28,29,31). The van der Waals surface area contributed by atoms with E-state index in [2.05, 4.69) is 15.6 Å². The zero-order chi connectivity index (χ0) is 26.3. The number of fused-ring (bicyclic) bond motifs is 1. The van der Waals surface area contributed by atoms with Crippen LogP contribution in [0.3, 0.4) is 0 Å². The van der Waals surface area contributed by atoms with Crippen molar-refractivity contribution in [2.24, 2.45) is 0 Å². The Morgan fingerprint density at radius 3 is 2.54 bits per heavy atom. The monoisotopic (exact) mass is 542 g/mol. The Labute approximate surface area is 216 Å². The molecule has 5 rings (SSSR count). The summed E-state index contributed by atoms with van der Waals surface area (Å²) in [6.45, 7) is -0.461. The summed E-state index contributed by atoms with van der Waals surface area (Å²) in [5.41, 5.74) is 2.05. The van der Waals surface area contributed by atoms with Crippen LogP contribution in [0.15, 0.2) is 52.4 Å². The minimum Gasteiger partial charge on any atom is -0.455 e. The van der Waals surface area contributed by atoms with Gasteiger partial charge in [0, 0.05) is 35.6 Å². The lowest BCUT2D eigenvalue weighted by Gasteiger charge is -2.24. The predicted octanol–water partition coefficient (Wildman–Crippen LogP) is 4.34. The van der Waals surface area contributed by atoms with Crippen LogP contribution in [0.25, 0.3) is 22.3 Å². The number of anilines is 2. The average molecular weight is 543 g/mol. The van der Waals surface area contributed by atoms with E-state index in [0.29, 0.717) is 27.3 Å². The summed E-state index contributed by atoms with van der Waals surface area (Å²) in [6.07, 6.45) is 4.26. The number of thiazole rings is 1. The van der Waals surface area contributed by atoms with Crippen LogP contribution < -0.4 is 14.9 Å². The van der Waals surface area contributed by atoms with E-state index in [0.717, 1.165) is 23.4 Å². The molecule has 1 aliphatic rings. The van der Waals surface area contributed by atoms with Gasteiger partial charge in [0.15, 0.2) is 5.13 Å². The highest BCUT2D eigenvalue weighted by Crippen LogP contribution is 2.48. The van der Waals surface area contributed by atoms with Gasteiger partial charge in [-0.3, -0.25) is 13.9 Å². The van der Waals surface area contributed by atoms with Crippen molar-refractivity contribution in [2.75, 3.05) is 29.5 Å². The van der Waals surface area contributed by atoms with Crippen LogP contribution >= 0.6 is 11.3 Å². The molecule has 0 unspecified atom stereocenters. The Morgan fingerprint density at radius 1 is 1.22 bits per heavy atom. The number of aromatic nitrogens is 1. The van der Waals surface area contributed by atoms with Crippen LogP contribution in [0, 0.1) is 5.82 Å². The predicted molar refractivity (Wildman–Crippen MR) is 140 cm³/mol. The molecule has 4 aromatic rings. The lowest BCUT2D eigenvalue weighted by Crippen LogP contribution is -2.38. The van der Waals surface area contributed by atoms with Gasteiger partial charge in [-0.05, 0) is 54.7 Å². The number of hydrogen-bond acceptors (Lipinski definition) is 7. The SMILES string of the molecule is CNC(=O)c1c(-c2ccc(F)cc2)oc2cc(N(CC(=O)Nc3nccs3)S(C)(=O)=O)c(C3CC3)cc12. The molecule has 1 aliphatic carbocycles. The number of amides is 2. The van der Waals surface area contributed by atoms with E-state index in [1.807, 2.05) is 0 Å². The van der Waals surface area contributed by atoms with Crippen molar-refractivity contribution in [1.82, 2.24) is 10.3 Å².